The fraction of sp³-hybridized carbons (Fsp3) is 0.133. The third-order valence-electron chi connectivity index (χ3n) is 3.41. The van der Waals surface area contributed by atoms with Gasteiger partial charge in [0, 0.05) is 11.6 Å². The minimum Gasteiger partial charge on any atom is -0.476 e. The predicted octanol–water partition coefficient (Wildman–Crippen LogP) is 4.05. The highest BCUT2D eigenvalue weighted by molar-refractivity contribution is 5.86. The lowest BCUT2D eigenvalue weighted by atomic mass is 10.1. The van der Waals surface area contributed by atoms with Crippen molar-refractivity contribution in [2.24, 2.45) is 0 Å². The van der Waals surface area contributed by atoms with Crippen LogP contribution < -0.4 is 0 Å². The Labute approximate surface area is 136 Å². The standard InChI is InChI=1S/C15H8F5N3O2/c16-13(17)11-5-9(7-1-3-8(4-2-7)15(18,19)20)21-12-6-10(14(24)25)22-23(11)12/h1-6,13H,(H,24,25). The van der Waals surface area contributed by atoms with Crippen molar-refractivity contribution in [3.8, 4) is 11.3 Å². The lowest BCUT2D eigenvalue weighted by Gasteiger charge is -2.09. The molecule has 0 saturated heterocycles. The maximum Gasteiger partial charge on any atom is 0.416 e. The van der Waals surface area contributed by atoms with Crippen LogP contribution in [0.25, 0.3) is 16.9 Å². The van der Waals surface area contributed by atoms with Crippen molar-refractivity contribution in [1.29, 1.82) is 0 Å². The zero-order valence-electron chi connectivity index (χ0n) is 12.1. The molecule has 0 bridgehead atoms. The molecule has 25 heavy (non-hydrogen) atoms. The molecule has 5 nitrogen and oxygen atoms in total. The van der Waals surface area contributed by atoms with Crippen molar-refractivity contribution in [3.05, 3.63) is 53.3 Å². The molecule has 3 aromatic rings. The Hall–Kier alpha value is -3.04. The van der Waals surface area contributed by atoms with Gasteiger partial charge >= 0.3 is 12.1 Å². The zero-order chi connectivity index (χ0) is 18.4. The van der Waals surface area contributed by atoms with Crippen molar-refractivity contribution in [2.45, 2.75) is 12.6 Å². The number of carbonyl (C=O) groups is 1. The molecule has 130 valence electrons. The van der Waals surface area contributed by atoms with E-state index in [1.54, 1.807) is 0 Å². The Morgan fingerprint density at radius 1 is 1.12 bits per heavy atom. The van der Waals surface area contributed by atoms with Crippen LogP contribution in [0.3, 0.4) is 0 Å². The first-order valence-corrected chi connectivity index (χ1v) is 6.76. The second-order valence-electron chi connectivity index (χ2n) is 5.05. The summed E-state index contributed by atoms with van der Waals surface area (Å²) in [6.07, 6.45) is -7.51. The van der Waals surface area contributed by atoms with Gasteiger partial charge in [0.15, 0.2) is 11.3 Å². The third-order valence-corrected chi connectivity index (χ3v) is 3.41. The molecule has 0 unspecified atom stereocenters. The van der Waals surface area contributed by atoms with Crippen LogP contribution in [0.4, 0.5) is 22.0 Å². The summed E-state index contributed by atoms with van der Waals surface area (Å²) in [4.78, 5) is 14.9. The minimum absolute atomic E-state index is 0.0200. The van der Waals surface area contributed by atoms with Crippen LogP contribution in [0.1, 0.15) is 28.2 Å². The molecule has 1 N–H and O–H groups in total. The Morgan fingerprint density at radius 2 is 1.76 bits per heavy atom. The Bertz CT molecular complexity index is 948. The molecule has 0 aliphatic heterocycles. The normalized spacial score (nSPS) is 12.1. The molecule has 0 fully saturated rings. The molecule has 0 radical (unpaired) electrons. The second kappa shape index (κ2) is 5.80. The van der Waals surface area contributed by atoms with Crippen LogP contribution >= 0.6 is 0 Å². The number of benzene rings is 1. The summed E-state index contributed by atoms with van der Waals surface area (Å²) < 4.78 is 65.0. The van der Waals surface area contributed by atoms with E-state index in [0.717, 1.165) is 36.4 Å². The first kappa shape index (κ1) is 16.8. The van der Waals surface area contributed by atoms with Gasteiger partial charge in [-0.15, -0.1) is 0 Å². The summed E-state index contributed by atoms with van der Waals surface area (Å²) in [5.74, 6) is -1.42. The number of hydrogen-bond donors (Lipinski definition) is 1. The number of carboxylic acids is 1. The summed E-state index contributed by atoms with van der Waals surface area (Å²) in [6, 6.07) is 5.78. The molecule has 2 aromatic heterocycles. The Morgan fingerprint density at radius 3 is 2.28 bits per heavy atom. The SMILES string of the molecule is O=C(O)c1cc2nc(-c3ccc(C(F)(F)F)cc3)cc(C(F)F)n2n1. The van der Waals surface area contributed by atoms with E-state index in [9.17, 15) is 26.7 Å². The van der Waals surface area contributed by atoms with E-state index in [1.807, 2.05) is 0 Å². The number of carboxylic acid groups (broad SMARTS) is 1. The van der Waals surface area contributed by atoms with Crippen molar-refractivity contribution < 1.29 is 31.9 Å². The van der Waals surface area contributed by atoms with Gasteiger partial charge in [0.05, 0.1) is 11.3 Å². The summed E-state index contributed by atoms with van der Waals surface area (Å²) >= 11 is 0. The Balaban J connectivity index is 2.14. The molecule has 1 aromatic carbocycles. The second-order valence-corrected chi connectivity index (χ2v) is 5.05. The van der Waals surface area contributed by atoms with Crippen molar-refractivity contribution in [2.75, 3.05) is 0 Å². The maximum absolute atomic E-state index is 13.2. The number of aromatic nitrogens is 3. The molecule has 2 heterocycles. The van der Waals surface area contributed by atoms with E-state index in [2.05, 4.69) is 10.1 Å². The van der Waals surface area contributed by atoms with Crippen molar-refractivity contribution >= 4 is 11.6 Å². The fourth-order valence-electron chi connectivity index (χ4n) is 2.24. The number of rotatable bonds is 3. The smallest absolute Gasteiger partial charge is 0.416 e. The lowest BCUT2D eigenvalue weighted by Crippen LogP contribution is -2.05. The number of hydrogen-bond acceptors (Lipinski definition) is 3. The van der Waals surface area contributed by atoms with Crippen LogP contribution in [0.2, 0.25) is 0 Å². The molecular weight excluding hydrogens is 349 g/mol. The number of fused-ring (bicyclic) bond motifs is 1. The number of alkyl halides is 5. The van der Waals surface area contributed by atoms with Crippen LogP contribution in [-0.4, -0.2) is 25.7 Å². The first-order chi connectivity index (χ1) is 11.7. The van der Waals surface area contributed by atoms with Gasteiger partial charge in [-0.1, -0.05) is 12.1 Å². The van der Waals surface area contributed by atoms with E-state index in [4.69, 9.17) is 5.11 Å². The summed E-state index contributed by atoms with van der Waals surface area (Å²) in [5.41, 5.74) is -1.97. The maximum atomic E-state index is 13.2. The summed E-state index contributed by atoms with van der Waals surface area (Å²) in [7, 11) is 0. The van der Waals surface area contributed by atoms with Crippen LogP contribution in [0.5, 0.6) is 0 Å². The Kier molecular flexibility index (Phi) is 3.90. The molecular formula is C15H8F5N3O2. The molecule has 10 heteroatoms. The molecule has 3 rings (SSSR count). The summed E-state index contributed by atoms with van der Waals surface area (Å²) in [6.45, 7) is 0. The van der Waals surface area contributed by atoms with E-state index in [0.29, 0.717) is 4.52 Å². The van der Waals surface area contributed by atoms with E-state index in [-0.39, 0.29) is 16.9 Å². The highest BCUT2D eigenvalue weighted by Gasteiger charge is 2.30. The summed E-state index contributed by atoms with van der Waals surface area (Å²) in [5, 5.41) is 12.5. The third kappa shape index (κ3) is 3.14. The molecule has 0 saturated carbocycles. The van der Waals surface area contributed by atoms with Gasteiger partial charge in [-0.05, 0) is 18.2 Å². The first-order valence-electron chi connectivity index (χ1n) is 6.76. The number of halogens is 5. The van der Waals surface area contributed by atoms with E-state index in [1.165, 1.54) is 0 Å². The van der Waals surface area contributed by atoms with Gasteiger partial charge in [-0.3, -0.25) is 0 Å². The highest BCUT2D eigenvalue weighted by atomic mass is 19.4. The van der Waals surface area contributed by atoms with Crippen LogP contribution in [-0.2, 0) is 6.18 Å². The van der Waals surface area contributed by atoms with Crippen LogP contribution in [0, 0.1) is 0 Å². The minimum atomic E-state index is -4.52. The largest absolute Gasteiger partial charge is 0.476 e. The fourth-order valence-corrected chi connectivity index (χ4v) is 2.24. The van der Waals surface area contributed by atoms with Gasteiger partial charge in [0.2, 0.25) is 0 Å². The van der Waals surface area contributed by atoms with E-state index < -0.39 is 35.5 Å². The van der Waals surface area contributed by atoms with Gasteiger partial charge in [0.25, 0.3) is 6.43 Å². The quantitative estimate of drug-likeness (QED) is 0.718. The van der Waals surface area contributed by atoms with Gasteiger partial charge in [0.1, 0.15) is 5.69 Å². The molecule has 0 spiro atoms. The topological polar surface area (TPSA) is 67.5 Å². The van der Waals surface area contributed by atoms with Gasteiger partial charge in [-0.25, -0.2) is 23.1 Å². The van der Waals surface area contributed by atoms with Crippen molar-refractivity contribution in [3.63, 3.8) is 0 Å². The average molecular weight is 357 g/mol. The van der Waals surface area contributed by atoms with E-state index >= 15 is 0 Å². The molecule has 0 aliphatic rings. The monoisotopic (exact) mass is 357 g/mol. The van der Waals surface area contributed by atoms with Gasteiger partial charge in [-0.2, -0.15) is 18.3 Å². The van der Waals surface area contributed by atoms with Crippen LogP contribution in [0.15, 0.2) is 36.4 Å². The molecule has 0 atom stereocenters. The lowest BCUT2D eigenvalue weighted by molar-refractivity contribution is -0.137. The highest BCUT2D eigenvalue weighted by Crippen LogP contribution is 2.31. The molecule has 0 aliphatic carbocycles. The number of nitrogens with zero attached hydrogens (tertiary/aromatic N) is 3. The number of aromatic carboxylic acids is 1. The predicted molar refractivity (Wildman–Crippen MR) is 75.3 cm³/mol. The average Bonchev–Trinajstić information content (AvgIpc) is 2.97. The zero-order valence-corrected chi connectivity index (χ0v) is 12.1. The molecule has 0 amide bonds. The van der Waals surface area contributed by atoms with Crippen molar-refractivity contribution in [1.82, 2.24) is 14.6 Å². The van der Waals surface area contributed by atoms with Gasteiger partial charge < -0.3 is 5.11 Å².